The first-order valence-electron chi connectivity index (χ1n) is 5.49. The van der Waals surface area contributed by atoms with Gasteiger partial charge in [-0.25, -0.2) is 0 Å². The average molecular weight is 196 g/mol. The predicted molar refractivity (Wildman–Crippen MR) is 56.0 cm³/mol. The largest absolute Gasteiger partial charge is 0.300 e. The molecule has 0 aliphatic heterocycles. The van der Waals surface area contributed by atoms with Gasteiger partial charge in [0.2, 0.25) is 0 Å². The number of ketones is 2. The van der Waals surface area contributed by atoms with Gasteiger partial charge in [-0.05, 0) is 32.1 Å². The fourth-order valence-electron chi connectivity index (χ4n) is 2.49. The molecule has 2 nitrogen and oxygen atoms in total. The average Bonchev–Trinajstić information content (AvgIpc) is 2.08. The molecule has 1 aliphatic rings. The van der Waals surface area contributed by atoms with E-state index in [4.69, 9.17) is 0 Å². The lowest BCUT2D eigenvalue weighted by molar-refractivity contribution is -0.133. The van der Waals surface area contributed by atoms with Crippen LogP contribution in [0.15, 0.2) is 0 Å². The molecule has 80 valence electrons. The van der Waals surface area contributed by atoms with Crippen LogP contribution >= 0.6 is 0 Å². The van der Waals surface area contributed by atoms with Crippen LogP contribution in [-0.2, 0) is 9.59 Å². The van der Waals surface area contributed by atoms with Crippen molar-refractivity contribution in [2.75, 3.05) is 0 Å². The van der Waals surface area contributed by atoms with Gasteiger partial charge in [-0.3, -0.25) is 9.59 Å². The number of Topliss-reactive ketones (excluding diaryl/α,β-unsaturated/α-hetero) is 2. The van der Waals surface area contributed by atoms with Crippen molar-refractivity contribution >= 4 is 11.6 Å². The minimum atomic E-state index is -0.178. The van der Waals surface area contributed by atoms with Crippen molar-refractivity contribution in [3.8, 4) is 0 Å². The zero-order valence-corrected chi connectivity index (χ0v) is 9.43. The molecule has 1 rings (SSSR count). The van der Waals surface area contributed by atoms with Crippen LogP contribution in [0.2, 0.25) is 0 Å². The highest BCUT2D eigenvalue weighted by molar-refractivity contribution is 5.87. The van der Waals surface area contributed by atoms with Crippen LogP contribution in [0.3, 0.4) is 0 Å². The molecule has 0 bridgehead atoms. The molecule has 0 unspecified atom stereocenters. The van der Waals surface area contributed by atoms with Gasteiger partial charge >= 0.3 is 0 Å². The van der Waals surface area contributed by atoms with Crippen molar-refractivity contribution in [2.24, 2.45) is 11.3 Å². The minimum Gasteiger partial charge on any atom is -0.300 e. The number of rotatable bonds is 3. The predicted octanol–water partition coefficient (Wildman–Crippen LogP) is 2.75. The Bertz CT molecular complexity index is 231. The van der Waals surface area contributed by atoms with Crippen molar-refractivity contribution in [1.82, 2.24) is 0 Å². The number of carbonyl (C=O) groups is 2. The first kappa shape index (κ1) is 11.4. The maximum Gasteiger partial charge on any atom is 0.135 e. The third kappa shape index (κ3) is 2.43. The SMILES string of the molecule is CC(=O)C1(CC(C)C)CCC(=O)CC1. The van der Waals surface area contributed by atoms with E-state index >= 15 is 0 Å². The molecule has 0 spiro atoms. The Balaban J connectivity index is 2.73. The van der Waals surface area contributed by atoms with Crippen molar-refractivity contribution < 1.29 is 9.59 Å². The smallest absolute Gasteiger partial charge is 0.135 e. The van der Waals surface area contributed by atoms with Gasteiger partial charge in [0.1, 0.15) is 11.6 Å². The highest BCUT2D eigenvalue weighted by Crippen LogP contribution is 2.41. The zero-order chi connectivity index (χ0) is 10.8. The highest BCUT2D eigenvalue weighted by atomic mass is 16.1. The van der Waals surface area contributed by atoms with E-state index in [1.165, 1.54) is 0 Å². The highest BCUT2D eigenvalue weighted by Gasteiger charge is 2.38. The second-order valence-corrected chi connectivity index (χ2v) is 4.97. The second-order valence-electron chi connectivity index (χ2n) is 4.97. The molecule has 0 heterocycles. The Morgan fingerprint density at radius 2 is 1.86 bits per heavy atom. The van der Waals surface area contributed by atoms with Crippen LogP contribution in [-0.4, -0.2) is 11.6 Å². The van der Waals surface area contributed by atoms with E-state index < -0.39 is 0 Å². The standard InChI is InChI=1S/C12H20O2/c1-9(2)8-12(10(3)13)6-4-11(14)5-7-12/h9H,4-8H2,1-3H3. The summed E-state index contributed by atoms with van der Waals surface area (Å²) < 4.78 is 0. The summed E-state index contributed by atoms with van der Waals surface area (Å²) >= 11 is 0. The van der Waals surface area contributed by atoms with Crippen LogP contribution in [0.5, 0.6) is 0 Å². The van der Waals surface area contributed by atoms with E-state index in [0.717, 1.165) is 19.3 Å². The summed E-state index contributed by atoms with van der Waals surface area (Å²) in [6, 6.07) is 0. The monoisotopic (exact) mass is 196 g/mol. The fourth-order valence-corrected chi connectivity index (χ4v) is 2.49. The van der Waals surface area contributed by atoms with Crippen LogP contribution in [0.25, 0.3) is 0 Å². The number of hydrogen-bond acceptors (Lipinski definition) is 2. The van der Waals surface area contributed by atoms with Crippen molar-refractivity contribution in [3.05, 3.63) is 0 Å². The first-order chi connectivity index (χ1) is 6.46. The maximum atomic E-state index is 11.7. The molecule has 0 aromatic heterocycles. The van der Waals surface area contributed by atoms with E-state index in [0.29, 0.717) is 24.5 Å². The van der Waals surface area contributed by atoms with Crippen molar-refractivity contribution in [2.45, 2.75) is 52.9 Å². The van der Waals surface area contributed by atoms with Gasteiger partial charge in [0, 0.05) is 18.3 Å². The van der Waals surface area contributed by atoms with E-state index in [1.54, 1.807) is 6.92 Å². The van der Waals surface area contributed by atoms with Gasteiger partial charge in [0.05, 0.1) is 0 Å². The van der Waals surface area contributed by atoms with Crippen LogP contribution < -0.4 is 0 Å². The van der Waals surface area contributed by atoms with Gasteiger partial charge in [-0.2, -0.15) is 0 Å². The van der Waals surface area contributed by atoms with Crippen molar-refractivity contribution in [1.29, 1.82) is 0 Å². The zero-order valence-electron chi connectivity index (χ0n) is 9.43. The van der Waals surface area contributed by atoms with Gasteiger partial charge in [-0.1, -0.05) is 13.8 Å². The molecule has 0 atom stereocenters. The summed E-state index contributed by atoms with van der Waals surface area (Å²) in [4.78, 5) is 22.8. The van der Waals surface area contributed by atoms with E-state index in [-0.39, 0.29) is 11.2 Å². The molecule has 0 aromatic rings. The first-order valence-corrected chi connectivity index (χ1v) is 5.49. The van der Waals surface area contributed by atoms with Crippen LogP contribution in [0, 0.1) is 11.3 Å². The topological polar surface area (TPSA) is 34.1 Å². The lowest BCUT2D eigenvalue weighted by atomic mass is 9.67. The minimum absolute atomic E-state index is 0.178. The normalized spacial score (nSPS) is 21.3. The maximum absolute atomic E-state index is 11.7. The van der Waals surface area contributed by atoms with Crippen LogP contribution in [0.4, 0.5) is 0 Å². The molecular weight excluding hydrogens is 176 g/mol. The lowest BCUT2D eigenvalue weighted by Crippen LogP contribution is -2.35. The number of carbonyl (C=O) groups excluding carboxylic acids is 2. The van der Waals surface area contributed by atoms with E-state index in [2.05, 4.69) is 13.8 Å². The van der Waals surface area contributed by atoms with E-state index in [9.17, 15) is 9.59 Å². The summed E-state index contributed by atoms with van der Waals surface area (Å²) in [5.74, 6) is 1.14. The lowest BCUT2D eigenvalue weighted by Gasteiger charge is -2.35. The second kappa shape index (κ2) is 4.24. The Hall–Kier alpha value is -0.660. The van der Waals surface area contributed by atoms with Crippen LogP contribution in [0.1, 0.15) is 52.9 Å². The molecule has 2 heteroatoms. The molecule has 0 radical (unpaired) electrons. The molecule has 0 aromatic carbocycles. The molecule has 1 saturated carbocycles. The summed E-state index contributed by atoms with van der Waals surface area (Å²) in [7, 11) is 0. The molecule has 14 heavy (non-hydrogen) atoms. The summed E-state index contributed by atoms with van der Waals surface area (Å²) in [5.41, 5.74) is -0.178. The van der Waals surface area contributed by atoms with Gasteiger partial charge < -0.3 is 0 Å². The fraction of sp³-hybridized carbons (Fsp3) is 0.833. The quantitative estimate of drug-likeness (QED) is 0.695. The summed E-state index contributed by atoms with van der Waals surface area (Å²) in [6.07, 6.45) is 3.70. The summed E-state index contributed by atoms with van der Waals surface area (Å²) in [6.45, 7) is 5.96. The third-order valence-electron chi connectivity index (χ3n) is 3.31. The molecule has 0 N–H and O–H groups in total. The van der Waals surface area contributed by atoms with Gasteiger partial charge in [-0.15, -0.1) is 0 Å². The third-order valence-corrected chi connectivity index (χ3v) is 3.31. The van der Waals surface area contributed by atoms with E-state index in [1.807, 2.05) is 0 Å². The summed E-state index contributed by atoms with van der Waals surface area (Å²) in [5, 5.41) is 0. The Kier molecular flexibility index (Phi) is 3.46. The van der Waals surface area contributed by atoms with Gasteiger partial charge in [0.15, 0.2) is 0 Å². The Morgan fingerprint density at radius 3 is 2.21 bits per heavy atom. The molecule has 0 saturated heterocycles. The van der Waals surface area contributed by atoms with Crippen molar-refractivity contribution in [3.63, 3.8) is 0 Å². The molecule has 1 aliphatic carbocycles. The molecule has 1 fully saturated rings. The molecular formula is C12H20O2. The Labute approximate surface area is 86.1 Å². The Morgan fingerprint density at radius 1 is 1.36 bits per heavy atom. The van der Waals surface area contributed by atoms with Gasteiger partial charge in [0.25, 0.3) is 0 Å². The number of hydrogen-bond donors (Lipinski definition) is 0. The molecule has 0 amide bonds.